The third-order valence-electron chi connectivity index (χ3n) is 2.77. The maximum absolute atomic E-state index is 10.6. The molecule has 3 aromatic rings. The van der Waals surface area contributed by atoms with E-state index in [4.69, 9.17) is 4.42 Å². The van der Waals surface area contributed by atoms with Gasteiger partial charge in [-0.25, -0.2) is 4.98 Å². The first-order valence-electron chi connectivity index (χ1n) is 6.35. The Bertz CT molecular complexity index is 774. The van der Waals surface area contributed by atoms with Crippen LogP contribution in [0.1, 0.15) is 11.5 Å². The number of nitro groups is 1. The summed E-state index contributed by atoms with van der Waals surface area (Å²) in [6.07, 6.45) is 1.76. The van der Waals surface area contributed by atoms with Crippen molar-refractivity contribution in [2.24, 2.45) is 0 Å². The molecule has 22 heavy (non-hydrogen) atoms. The van der Waals surface area contributed by atoms with Crippen LogP contribution < -0.4 is 0 Å². The van der Waals surface area contributed by atoms with E-state index in [-0.39, 0.29) is 5.69 Å². The molecule has 110 valence electrons. The zero-order valence-corrected chi connectivity index (χ0v) is 12.1. The summed E-state index contributed by atoms with van der Waals surface area (Å²) in [6, 6.07) is 12.7. The minimum Gasteiger partial charge on any atom is -0.415 e. The monoisotopic (exact) mass is 314 g/mol. The summed E-state index contributed by atoms with van der Waals surface area (Å²) in [6.45, 7) is 0. The standard InChI is InChI=1S/C14H10N4O3S/c19-18(20)11-6-7-13(15-9-11)22-14-17-16-12(21-14)8-10-4-2-1-3-5-10/h1-7,9H,8H2. The van der Waals surface area contributed by atoms with E-state index in [0.717, 1.165) is 5.56 Å². The highest BCUT2D eigenvalue weighted by atomic mass is 32.2. The average Bonchev–Trinajstić information content (AvgIpc) is 2.96. The number of hydrogen-bond acceptors (Lipinski definition) is 7. The molecule has 2 heterocycles. The van der Waals surface area contributed by atoms with E-state index in [2.05, 4.69) is 15.2 Å². The first-order valence-corrected chi connectivity index (χ1v) is 7.17. The molecule has 0 saturated carbocycles. The second-order valence-corrected chi connectivity index (χ2v) is 5.31. The normalized spacial score (nSPS) is 10.5. The van der Waals surface area contributed by atoms with E-state index in [1.165, 1.54) is 24.0 Å². The number of aromatic nitrogens is 3. The van der Waals surface area contributed by atoms with E-state index in [9.17, 15) is 10.1 Å². The summed E-state index contributed by atoms with van der Waals surface area (Å²) in [5.41, 5.74) is 1.02. The van der Waals surface area contributed by atoms with Crippen LogP contribution in [0.4, 0.5) is 5.69 Å². The Morgan fingerprint density at radius 2 is 1.95 bits per heavy atom. The molecule has 0 atom stereocenters. The Hall–Kier alpha value is -2.74. The molecule has 8 heteroatoms. The second kappa shape index (κ2) is 6.35. The van der Waals surface area contributed by atoms with Gasteiger partial charge in [0.15, 0.2) is 0 Å². The molecule has 2 aromatic heterocycles. The summed E-state index contributed by atoms with van der Waals surface area (Å²) in [4.78, 5) is 14.1. The third kappa shape index (κ3) is 3.47. The molecule has 0 aliphatic heterocycles. The Kier molecular flexibility index (Phi) is 4.10. The first kappa shape index (κ1) is 14.2. The van der Waals surface area contributed by atoms with E-state index >= 15 is 0 Å². The van der Waals surface area contributed by atoms with Crippen molar-refractivity contribution in [1.29, 1.82) is 0 Å². The van der Waals surface area contributed by atoms with Crippen LogP contribution >= 0.6 is 11.8 Å². The molecule has 0 radical (unpaired) electrons. The lowest BCUT2D eigenvalue weighted by Crippen LogP contribution is -1.89. The lowest BCUT2D eigenvalue weighted by atomic mass is 10.2. The van der Waals surface area contributed by atoms with Crippen molar-refractivity contribution >= 4 is 17.4 Å². The summed E-state index contributed by atoms with van der Waals surface area (Å²) in [5.74, 6) is 0.510. The molecule has 0 amide bonds. The van der Waals surface area contributed by atoms with Crippen LogP contribution in [-0.4, -0.2) is 20.1 Å². The number of benzene rings is 1. The summed E-state index contributed by atoms with van der Waals surface area (Å²) >= 11 is 1.17. The summed E-state index contributed by atoms with van der Waals surface area (Å²) < 4.78 is 5.54. The minimum atomic E-state index is -0.494. The van der Waals surface area contributed by atoms with E-state index in [1.54, 1.807) is 6.07 Å². The van der Waals surface area contributed by atoms with E-state index in [1.807, 2.05) is 30.3 Å². The molecule has 0 N–H and O–H groups in total. The Morgan fingerprint density at radius 3 is 2.64 bits per heavy atom. The van der Waals surface area contributed by atoms with Crippen molar-refractivity contribution in [3.05, 3.63) is 70.2 Å². The predicted octanol–water partition coefficient (Wildman–Crippen LogP) is 3.11. The molecule has 7 nitrogen and oxygen atoms in total. The van der Waals surface area contributed by atoms with Crippen molar-refractivity contribution in [3.8, 4) is 0 Å². The molecule has 0 spiro atoms. The van der Waals surface area contributed by atoms with Gasteiger partial charge in [-0.1, -0.05) is 30.3 Å². The molecule has 0 fully saturated rings. The number of nitrogens with zero attached hydrogens (tertiary/aromatic N) is 4. The largest absolute Gasteiger partial charge is 0.415 e. The van der Waals surface area contributed by atoms with Crippen LogP contribution in [-0.2, 0) is 6.42 Å². The van der Waals surface area contributed by atoms with Crippen molar-refractivity contribution in [3.63, 3.8) is 0 Å². The maximum Gasteiger partial charge on any atom is 0.287 e. The number of hydrogen-bond donors (Lipinski definition) is 0. The van der Waals surface area contributed by atoms with Gasteiger partial charge in [-0.05, 0) is 23.4 Å². The fraction of sp³-hybridized carbons (Fsp3) is 0.0714. The zero-order chi connectivity index (χ0) is 15.4. The van der Waals surface area contributed by atoms with Crippen molar-refractivity contribution in [2.45, 2.75) is 16.7 Å². The molecule has 0 saturated heterocycles. The molecule has 1 aromatic carbocycles. The molecule has 0 aliphatic rings. The minimum absolute atomic E-state index is 0.0559. The highest BCUT2D eigenvalue weighted by Crippen LogP contribution is 2.26. The maximum atomic E-state index is 10.6. The Balaban J connectivity index is 1.67. The van der Waals surface area contributed by atoms with Crippen LogP contribution in [0, 0.1) is 10.1 Å². The lowest BCUT2D eigenvalue weighted by Gasteiger charge is -1.96. The van der Waals surface area contributed by atoms with Gasteiger partial charge in [-0.15, -0.1) is 10.2 Å². The van der Waals surface area contributed by atoms with E-state index in [0.29, 0.717) is 22.6 Å². The van der Waals surface area contributed by atoms with Crippen LogP contribution in [0.2, 0.25) is 0 Å². The van der Waals surface area contributed by atoms with Gasteiger partial charge in [0, 0.05) is 6.07 Å². The third-order valence-corrected chi connectivity index (χ3v) is 3.56. The Labute approximate surface area is 129 Å². The van der Waals surface area contributed by atoms with Gasteiger partial charge in [-0.2, -0.15) is 0 Å². The van der Waals surface area contributed by atoms with Crippen LogP contribution in [0.3, 0.4) is 0 Å². The molecular formula is C14H10N4O3S. The molecule has 0 bridgehead atoms. The van der Waals surface area contributed by atoms with Gasteiger partial charge in [0.1, 0.15) is 11.2 Å². The number of pyridine rings is 1. The first-order chi connectivity index (χ1) is 10.7. The lowest BCUT2D eigenvalue weighted by molar-refractivity contribution is -0.385. The van der Waals surface area contributed by atoms with Crippen molar-refractivity contribution in [2.75, 3.05) is 0 Å². The topological polar surface area (TPSA) is 95.0 Å². The molecular weight excluding hydrogens is 304 g/mol. The van der Waals surface area contributed by atoms with Crippen LogP contribution in [0.25, 0.3) is 0 Å². The smallest absolute Gasteiger partial charge is 0.287 e. The number of rotatable bonds is 5. The molecule has 0 aliphatic carbocycles. The molecule has 3 rings (SSSR count). The van der Waals surface area contributed by atoms with Crippen LogP contribution in [0.5, 0.6) is 0 Å². The fourth-order valence-electron chi connectivity index (χ4n) is 1.75. The molecule has 0 unspecified atom stereocenters. The van der Waals surface area contributed by atoms with Crippen LogP contribution in [0.15, 0.2) is 63.3 Å². The highest BCUT2D eigenvalue weighted by molar-refractivity contribution is 7.99. The van der Waals surface area contributed by atoms with Crippen molar-refractivity contribution in [1.82, 2.24) is 15.2 Å². The summed E-state index contributed by atoms with van der Waals surface area (Å²) in [7, 11) is 0. The van der Waals surface area contributed by atoms with Crippen molar-refractivity contribution < 1.29 is 9.34 Å². The van der Waals surface area contributed by atoms with Gasteiger partial charge in [-0.3, -0.25) is 10.1 Å². The average molecular weight is 314 g/mol. The predicted molar refractivity (Wildman–Crippen MR) is 78.6 cm³/mol. The summed E-state index contributed by atoms with van der Waals surface area (Å²) in [5, 5.41) is 19.4. The van der Waals surface area contributed by atoms with Gasteiger partial charge in [0.05, 0.1) is 11.3 Å². The highest BCUT2D eigenvalue weighted by Gasteiger charge is 2.11. The zero-order valence-electron chi connectivity index (χ0n) is 11.2. The van der Waals surface area contributed by atoms with Gasteiger partial charge in [0.2, 0.25) is 5.89 Å². The van der Waals surface area contributed by atoms with Gasteiger partial charge < -0.3 is 4.42 Å². The SMILES string of the molecule is O=[N+]([O-])c1ccc(Sc2nnc(Cc3ccccc3)o2)nc1. The Morgan fingerprint density at radius 1 is 1.14 bits per heavy atom. The second-order valence-electron chi connectivity index (χ2n) is 4.34. The van der Waals surface area contributed by atoms with Gasteiger partial charge >= 0.3 is 0 Å². The quantitative estimate of drug-likeness (QED) is 0.527. The fourth-order valence-corrected chi connectivity index (χ4v) is 2.39. The van der Waals surface area contributed by atoms with Gasteiger partial charge in [0.25, 0.3) is 10.9 Å². The van der Waals surface area contributed by atoms with E-state index < -0.39 is 4.92 Å².